The summed E-state index contributed by atoms with van der Waals surface area (Å²) >= 11 is 3.24. The van der Waals surface area contributed by atoms with Crippen molar-refractivity contribution in [3.05, 3.63) is 40.8 Å². The van der Waals surface area contributed by atoms with Gasteiger partial charge < -0.3 is 4.57 Å². The summed E-state index contributed by atoms with van der Waals surface area (Å²) in [6.45, 7) is 2.51. The van der Waals surface area contributed by atoms with Gasteiger partial charge >= 0.3 is 0 Å². The van der Waals surface area contributed by atoms with Crippen molar-refractivity contribution in [1.82, 2.24) is 9.55 Å². The van der Waals surface area contributed by atoms with Gasteiger partial charge in [0, 0.05) is 17.2 Å². The fourth-order valence-electron chi connectivity index (χ4n) is 1.55. The van der Waals surface area contributed by atoms with Gasteiger partial charge in [-0.25, -0.2) is 4.98 Å². The molecular weight excluding hydrogens is 344 g/mol. The van der Waals surface area contributed by atoms with E-state index in [1.54, 1.807) is 10.6 Å². The number of halogens is 1. The Labute approximate surface area is 125 Å². The van der Waals surface area contributed by atoms with Crippen LogP contribution in [0.15, 0.2) is 40.2 Å². The summed E-state index contributed by atoms with van der Waals surface area (Å²) in [6, 6.07) is 6.68. The maximum Gasteiger partial charge on any atom is 0.280 e. The minimum Gasteiger partial charge on any atom is -0.336 e. The summed E-state index contributed by atoms with van der Waals surface area (Å²) < 4.78 is 29.1. The second kappa shape index (κ2) is 5.64. The molecule has 2 rings (SSSR count). The standard InChI is InChI=1S/C12H11BrN4O2S/c1-2-17-7-12(15-8-17)20(18,19)16-11-5-10(13)4-3-9(11)6-14/h3-5,7-8,16H,2H2,1H3. The highest BCUT2D eigenvalue weighted by molar-refractivity contribution is 9.10. The molecule has 1 heterocycles. The minimum absolute atomic E-state index is 0.0804. The molecule has 104 valence electrons. The van der Waals surface area contributed by atoms with Crippen molar-refractivity contribution in [2.24, 2.45) is 0 Å². The number of hydrogen-bond donors (Lipinski definition) is 1. The van der Waals surface area contributed by atoms with Crippen molar-refractivity contribution in [1.29, 1.82) is 5.26 Å². The van der Waals surface area contributed by atoms with Gasteiger partial charge in [-0.2, -0.15) is 13.7 Å². The van der Waals surface area contributed by atoms with Crippen LogP contribution in [0.1, 0.15) is 12.5 Å². The van der Waals surface area contributed by atoms with Gasteiger partial charge in [-0.15, -0.1) is 0 Å². The van der Waals surface area contributed by atoms with Crippen molar-refractivity contribution in [2.45, 2.75) is 18.5 Å². The summed E-state index contributed by atoms with van der Waals surface area (Å²) in [5, 5.41) is 8.92. The van der Waals surface area contributed by atoms with E-state index in [4.69, 9.17) is 5.26 Å². The third-order valence-electron chi connectivity index (χ3n) is 2.60. The number of hydrogen-bond acceptors (Lipinski definition) is 4. The Morgan fingerprint density at radius 2 is 2.25 bits per heavy atom. The lowest BCUT2D eigenvalue weighted by atomic mass is 10.2. The Kier molecular flexibility index (Phi) is 4.11. The van der Waals surface area contributed by atoms with Crippen LogP contribution in [0.25, 0.3) is 0 Å². The Morgan fingerprint density at radius 3 is 2.85 bits per heavy atom. The van der Waals surface area contributed by atoms with Gasteiger partial charge in [0.2, 0.25) is 0 Å². The Bertz CT molecular complexity index is 777. The molecule has 0 atom stereocenters. The zero-order valence-electron chi connectivity index (χ0n) is 10.5. The van der Waals surface area contributed by atoms with E-state index >= 15 is 0 Å². The fraction of sp³-hybridized carbons (Fsp3) is 0.167. The van der Waals surface area contributed by atoms with Crippen LogP contribution in [0.3, 0.4) is 0 Å². The van der Waals surface area contributed by atoms with E-state index in [0.717, 1.165) is 0 Å². The summed E-state index contributed by atoms with van der Waals surface area (Å²) in [6.07, 6.45) is 2.88. The maximum atomic E-state index is 12.2. The smallest absolute Gasteiger partial charge is 0.280 e. The Morgan fingerprint density at radius 1 is 1.50 bits per heavy atom. The second-order valence-corrected chi connectivity index (χ2v) is 6.49. The zero-order chi connectivity index (χ0) is 14.8. The van der Waals surface area contributed by atoms with Crippen LogP contribution in [0.5, 0.6) is 0 Å². The number of nitriles is 1. The molecule has 0 spiro atoms. The van der Waals surface area contributed by atoms with E-state index in [-0.39, 0.29) is 16.3 Å². The first-order valence-electron chi connectivity index (χ1n) is 5.70. The first-order valence-corrected chi connectivity index (χ1v) is 7.98. The van der Waals surface area contributed by atoms with E-state index in [0.29, 0.717) is 11.0 Å². The topological polar surface area (TPSA) is 87.8 Å². The molecule has 0 aliphatic rings. The molecule has 0 aliphatic carbocycles. The highest BCUT2D eigenvalue weighted by Crippen LogP contribution is 2.23. The molecule has 8 heteroatoms. The van der Waals surface area contributed by atoms with Gasteiger partial charge in [0.25, 0.3) is 10.0 Å². The molecule has 0 radical (unpaired) electrons. The van der Waals surface area contributed by atoms with E-state index in [2.05, 4.69) is 25.6 Å². The first-order chi connectivity index (χ1) is 9.46. The average molecular weight is 355 g/mol. The van der Waals surface area contributed by atoms with E-state index in [1.807, 2.05) is 13.0 Å². The number of aromatic nitrogens is 2. The van der Waals surface area contributed by atoms with Crippen molar-refractivity contribution in [3.63, 3.8) is 0 Å². The largest absolute Gasteiger partial charge is 0.336 e. The van der Waals surface area contributed by atoms with Gasteiger partial charge in [0.05, 0.1) is 17.6 Å². The maximum absolute atomic E-state index is 12.2. The number of sulfonamides is 1. The molecule has 1 aromatic carbocycles. The molecule has 0 saturated carbocycles. The molecule has 0 bridgehead atoms. The lowest BCUT2D eigenvalue weighted by Gasteiger charge is -2.07. The molecule has 0 unspecified atom stereocenters. The van der Waals surface area contributed by atoms with Crippen molar-refractivity contribution >= 4 is 31.6 Å². The summed E-state index contributed by atoms with van der Waals surface area (Å²) in [4.78, 5) is 3.85. The lowest BCUT2D eigenvalue weighted by molar-refractivity contribution is 0.598. The molecule has 0 saturated heterocycles. The predicted molar refractivity (Wildman–Crippen MR) is 77.6 cm³/mol. The van der Waals surface area contributed by atoms with Gasteiger partial charge in [-0.1, -0.05) is 15.9 Å². The third kappa shape index (κ3) is 3.00. The highest BCUT2D eigenvalue weighted by atomic mass is 79.9. The van der Waals surface area contributed by atoms with Crippen LogP contribution in [0.2, 0.25) is 0 Å². The molecule has 1 N–H and O–H groups in total. The van der Waals surface area contributed by atoms with Gasteiger partial charge in [0.15, 0.2) is 5.03 Å². The average Bonchev–Trinajstić information content (AvgIpc) is 2.88. The van der Waals surface area contributed by atoms with Crippen LogP contribution in [0, 0.1) is 11.3 Å². The molecule has 20 heavy (non-hydrogen) atoms. The fourth-order valence-corrected chi connectivity index (χ4v) is 2.93. The molecule has 0 aliphatic heterocycles. The van der Waals surface area contributed by atoms with Crippen molar-refractivity contribution < 1.29 is 8.42 Å². The minimum atomic E-state index is -3.81. The Hall–Kier alpha value is -1.85. The summed E-state index contributed by atoms with van der Waals surface area (Å²) in [5.74, 6) is 0. The third-order valence-corrected chi connectivity index (χ3v) is 4.34. The number of benzene rings is 1. The zero-order valence-corrected chi connectivity index (χ0v) is 12.9. The number of imidazole rings is 1. The monoisotopic (exact) mass is 354 g/mol. The van der Waals surface area contributed by atoms with E-state index < -0.39 is 10.0 Å². The number of nitrogens with one attached hydrogen (secondary N) is 1. The van der Waals surface area contributed by atoms with Gasteiger partial charge in [-0.3, -0.25) is 4.72 Å². The SMILES string of the molecule is CCn1cnc(S(=O)(=O)Nc2cc(Br)ccc2C#N)c1. The molecule has 0 amide bonds. The number of aryl methyl sites for hydroxylation is 1. The number of nitrogens with zero attached hydrogens (tertiary/aromatic N) is 3. The van der Waals surface area contributed by atoms with Crippen LogP contribution in [-0.4, -0.2) is 18.0 Å². The number of anilines is 1. The van der Waals surface area contributed by atoms with Crippen LogP contribution >= 0.6 is 15.9 Å². The number of rotatable bonds is 4. The molecule has 6 nitrogen and oxygen atoms in total. The van der Waals surface area contributed by atoms with Crippen LogP contribution in [0.4, 0.5) is 5.69 Å². The second-order valence-electron chi connectivity index (χ2n) is 3.95. The summed E-state index contributed by atoms with van der Waals surface area (Å²) in [7, 11) is -3.81. The van der Waals surface area contributed by atoms with Crippen molar-refractivity contribution in [3.8, 4) is 6.07 Å². The predicted octanol–water partition coefficient (Wildman–Crippen LogP) is 2.34. The molecule has 2 aromatic rings. The lowest BCUT2D eigenvalue weighted by Crippen LogP contribution is -2.14. The van der Waals surface area contributed by atoms with Crippen LogP contribution in [-0.2, 0) is 16.6 Å². The van der Waals surface area contributed by atoms with Gasteiger partial charge in [0.1, 0.15) is 6.07 Å². The normalized spacial score (nSPS) is 11.1. The molecule has 0 fully saturated rings. The van der Waals surface area contributed by atoms with E-state index in [1.165, 1.54) is 24.7 Å². The van der Waals surface area contributed by atoms with Crippen LogP contribution < -0.4 is 4.72 Å². The highest BCUT2D eigenvalue weighted by Gasteiger charge is 2.19. The molecule has 1 aromatic heterocycles. The molecular formula is C12H11BrN4O2S. The quantitative estimate of drug-likeness (QED) is 0.912. The van der Waals surface area contributed by atoms with Crippen molar-refractivity contribution in [2.75, 3.05) is 4.72 Å². The van der Waals surface area contributed by atoms with E-state index in [9.17, 15) is 8.42 Å². The first kappa shape index (κ1) is 14.6. The Balaban J connectivity index is 2.38. The summed E-state index contributed by atoms with van der Waals surface area (Å²) in [5.41, 5.74) is 0.458. The van der Waals surface area contributed by atoms with Gasteiger partial charge in [-0.05, 0) is 25.1 Å².